The maximum atomic E-state index is 13.7. The number of rotatable bonds is 4. The third-order valence-electron chi connectivity index (χ3n) is 3.26. The van der Waals surface area contributed by atoms with Gasteiger partial charge in [-0.15, -0.1) is 0 Å². The van der Waals surface area contributed by atoms with Crippen LogP contribution in [-0.4, -0.2) is 0 Å². The Morgan fingerprint density at radius 3 is 2.05 bits per heavy atom. The van der Waals surface area contributed by atoms with Crippen molar-refractivity contribution in [3.8, 4) is 0 Å². The van der Waals surface area contributed by atoms with Gasteiger partial charge in [0.25, 0.3) is 0 Å². The van der Waals surface area contributed by atoms with E-state index < -0.39 is 11.6 Å². The minimum Gasteiger partial charge on any atom is -0.304 e. The molecule has 1 unspecified atom stereocenters. The van der Waals surface area contributed by atoms with Crippen molar-refractivity contribution in [2.75, 3.05) is 0 Å². The molecule has 0 amide bonds. The van der Waals surface area contributed by atoms with Gasteiger partial charge < -0.3 is 5.32 Å². The van der Waals surface area contributed by atoms with Crippen LogP contribution in [0.3, 0.4) is 0 Å². The maximum Gasteiger partial charge on any atom is 0.127 e. The highest BCUT2D eigenvalue weighted by Crippen LogP contribution is 2.22. The van der Waals surface area contributed by atoms with E-state index in [-0.39, 0.29) is 17.9 Å². The first kappa shape index (κ1) is 14.6. The number of nitrogens with one attached hydrogen (secondary N) is 1. The lowest BCUT2D eigenvalue weighted by Crippen LogP contribution is -2.23. The molecule has 0 bridgehead atoms. The SMILES string of the molecule is CC(N[C@H](C)c1ccccc1F)c1cc(F)cc(F)c1. The molecule has 0 radical (unpaired) electrons. The second-order valence-electron chi connectivity index (χ2n) is 4.83. The molecule has 1 N–H and O–H groups in total. The molecule has 0 aliphatic rings. The van der Waals surface area contributed by atoms with Crippen LogP contribution in [0.1, 0.15) is 37.1 Å². The molecule has 1 nitrogen and oxygen atoms in total. The monoisotopic (exact) mass is 279 g/mol. The van der Waals surface area contributed by atoms with Crippen molar-refractivity contribution in [3.63, 3.8) is 0 Å². The standard InChI is InChI=1S/C16H16F3N/c1-10(12-7-13(17)9-14(18)8-12)20-11(2)15-5-3-4-6-16(15)19/h3-11,20H,1-2H3/t10?,11-/m1/s1. The molecule has 0 heterocycles. The minimum absolute atomic E-state index is 0.266. The first-order chi connectivity index (χ1) is 9.47. The van der Waals surface area contributed by atoms with Gasteiger partial charge in [-0.25, -0.2) is 13.2 Å². The van der Waals surface area contributed by atoms with E-state index in [9.17, 15) is 13.2 Å². The minimum atomic E-state index is -0.618. The van der Waals surface area contributed by atoms with Crippen LogP contribution in [-0.2, 0) is 0 Å². The summed E-state index contributed by atoms with van der Waals surface area (Å²) in [7, 11) is 0. The summed E-state index contributed by atoms with van der Waals surface area (Å²) in [6, 6.07) is 9.26. The number of hydrogen-bond acceptors (Lipinski definition) is 1. The van der Waals surface area contributed by atoms with E-state index >= 15 is 0 Å². The summed E-state index contributed by atoms with van der Waals surface area (Å²) in [5.74, 6) is -1.54. The predicted octanol–water partition coefficient (Wildman–Crippen LogP) is 4.52. The molecular formula is C16H16F3N. The highest BCUT2D eigenvalue weighted by molar-refractivity contribution is 5.24. The molecular weight excluding hydrogens is 263 g/mol. The van der Waals surface area contributed by atoms with Gasteiger partial charge in [-0.1, -0.05) is 18.2 Å². The molecule has 2 aromatic carbocycles. The van der Waals surface area contributed by atoms with Gasteiger partial charge in [-0.05, 0) is 37.6 Å². The molecule has 2 atom stereocenters. The third kappa shape index (κ3) is 3.39. The summed E-state index contributed by atoms with van der Waals surface area (Å²) in [6.07, 6.45) is 0. The van der Waals surface area contributed by atoms with E-state index in [4.69, 9.17) is 0 Å². The molecule has 0 aliphatic carbocycles. The normalized spacial score (nSPS) is 14.1. The topological polar surface area (TPSA) is 12.0 Å². The fraction of sp³-hybridized carbons (Fsp3) is 0.250. The molecule has 2 rings (SSSR count). The van der Waals surface area contributed by atoms with Crippen molar-refractivity contribution in [2.24, 2.45) is 0 Å². The van der Waals surface area contributed by atoms with Crippen LogP contribution < -0.4 is 5.32 Å². The Labute approximate surface area is 116 Å². The summed E-state index contributed by atoms with van der Waals surface area (Å²) in [6.45, 7) is 3.59. The van der Waals surface area contributed by atoms with Gasteiger partial charge in [0, 0.05) is 23.7 Å². The maximum absolute atomic E-state index is 13.7. The number of halogens is 3. The highest BCUT2D eigenvalue weighted by atomic mass is 19.1. The molecule has 4 heteroatoms. The zero-order valence-corrected chi connectivity index (χ0v) is 11.3. The Balaban J connectivity index is 2.15. The van der Waals surface area contributed by atoms with Gasteiger partial charge in [0.1, 0.15) is 17.5 Å². The largest absolute Gasteiger partial charge is 0.304 e. The van der Waals surface area contributed by atoms with Gasteiger partial charge >= 0.3 is 0 Å². The van der Waals surface area contributed by atoms with Crippen molar-refractivity contribution in [3.05, 3.63) is 71.0 Å². The summed E-state index contributed by atoms with van der Waals surface area (Å²) >= 11 is 0. The first-order valence-electron chi connectivity index (χ1n) is 6.44. The van der Waals surface area contributed by atoms with E-state index in [2.05, 4.69) is 5.32 Å². The Bertz CT molecular complexity index is 578. The van der Waals surface area contributed by atoms with Crippen LogP contribution in [0.2, 0.25) is 0 Å². The smallest absolute Gasteiger partial charge is 0.127 e. The lowest BCUT2D eigenvalue weighted by atomic mass is 10.0. The van der Waals surface area contributed by atoms with Crippen LogP contribution in [0.15, 0.2) is 42.5 Å². The zero-order valence-electron chi connectivity index (χ0n) is 11.3. The van der Waals surface area contributed by atoms with E-state index in [0.29, 0.717) is 11.1 Å². The van der Waals surface area contributed by atoms with Crippen LogP contribution in [0, 0.1) is 17.5 Å². The second kappa shape index (κ2) is 6.09. The average molecular weight is 279 g/mol. The molecule has 0 aliphatic heterocycles. The van der Waals surface area contributed by atoms with Crippen molar-refractivity contribution in [1.82, 2.24) is 5.32 Å². The van der Waals surface area contributed by atoms with E-state index in [1.54, 1.807) is 25.1 Å². The molecule has 0 fully saturated rings. The van der Waals surface area contributed by atoms with Crippen LogP contribution >= 0.6 is 0 Å². The van der Waals surface area contributed by atoms with Crippen molar-refractivity contribution < 1.29 is 13.2 Å². The molecule has 106 valence electrons. The lowest BCUT2D eigenvalue weighted by Gasteiger charge is -2.21. The van der Waals surface area contributed by atoms with Gasteiger partial charge in [0.2, 0.25) is 0 Å². The lowest BCUT2D eigenvalue weighted by molar-refractivity contribution is 0.469. The Morgan fingerprint density at radius 1 is 0.850 bits per heavy atom. The zero-order chi connectivity index (χ0) is 14.7. The number of benzene rings is 2. The summed E-state index contributed by atoms with van der Waals surface area (Å²) < 4.78 is 40.0. The van der Waals surface area contributed by atoms with Crippen LogP contribution in [0.25, 0.3) is 0 Å². The summed E-state index contributed by atoms with van der Waals surface area (Å²) in [5.41, 5.74) is 1.02. The molecule has 20 heavy (non-hydrogen) atoms. The Hall–Kier alpha value is -1.81. The highest BCUT2D eigenvalue weighted by Gasteiger charge is 2.15. The van der Waals surface area contributed by atoms with E-state index in [1.807, 2.05) is 6.92 Å². The molecule has 2 aromatic rings. The predicted molar refractivity (Wildman–Crippen MR) is 72.7 cm³/mol. The Morgan fingerprint density at radius 2 is 1.45 bits per heavy atom. The van der Waals surface area contributed by atoms with Gasteiger partial charge in [0.05, 0.1) is 0 Å². The van der Waals surface area contributed by atoms with Gasteiger partial charge in [-0.2, -0.15) is 0 Å². The third-order valence-corrected chi connectivity index (χ3v) is 3.26. The molecule has 0 saturated heterocycles. The summed E-state index contributed by atoms with van der Waals surface area (Å²) in [4.78, 5) is 0. The fourth-order valence-corrected chi connectivity index (χ4v) is 2.21. The molecule has 0 saturated carbocycles. The second-order valence-corrected chi connectivity index (χ2v) is 4.83. The van der Waals surface area contributed by atoms with E-state index in [1.165, 1.54) is 18.2 Å². The molecule has 0 aromatic heterocycles. The van der Waals surface area contributed by atoms with Crippen molar-refractivity contribution in [1.29, 1.82) is 0 Å². The molecule has 0 spiro atoms. The quantitative estimate of drug-likeness (QED) is 0.868. The number of hydrogen-bond donors (Lipinski definition) is 1. The van der Waals surface area contributed by atoms with Crippen LogP contribution in [0.4, 0.5) is 13.2 Å². The summed E-state index contributed by atoms with van der Waals surface area (Å²) in [5, 5.41) is 3.13. The Kier molecular flexibility index (Phi) is 4.45. The van der Waals surface area contributed by atoms with E-state index in [0.717, 1.165) is 6.07 Å². The van der Waals surface area contributed by atoms with Gasteiger partial charge in [-0.3, -0.25) is 0 Å². The van der Waals surface area contributed by atoms with Crippen molar-refractivity contribution in [2.45, 2.75) is 25.9 Å². The van der Waals surface area contributed by atoms with Crippen molar-refractivity contribution >= 4 is 0 Å². The first-order valence-corrected chi connectivity index (χ1v) is 6.44. The fourth-order valence-electron chi connectivity index (χ4n) is 2.21. The van der Waals surface area contributed by atoms with Crippen LogP contribution in [0.5, 0.6) is 0 Å². The average Bonchev–Trinajstić information content (AvgIpc) is 2.37. The van der Waals surface area contributed by atoms with Gasteiger partial charge in [0.15, 0.2) is 0 Å².